The minimum atomic E-state index is -3.17. The zero-order valence-corrected chi connectivity index (χ0v) is 20.2. The van der Waals surface area contributed by atoms with Gasteiger partial charge in [0, 0.05) is 77.4 Å². The van der Waals surface area contributed by atoms with E-state index in [9.17, 15) is 13.2 Å². The summed E-state index contributed by atoms with van der Waals surface area (Å²) in [6.45, 7) is 9.61. The predicted octanol–water partition coefficient (Wildman–Crippen LogP) is -0.143. The van der Waals surface area contributed by atoms with Gasteiger partial charge in [-0.3, -0.25) is 4.79 Å². The molecule has 0 radical (unpaired) electrons. The molecule has 1 aromatic heterocycles. The van der Waals surface area contributed by atoms with Gasteiger partial charge in [-0.2, -0.15) is 0 Å². The van der Waals surface area contributed by atoms with Crippen LogP contribution in [0.1, 0.15) is 18.7 Å². The first-order chi connectivity index (χ1) is 15.2. The first-order valence-corrected chi connectivity index (χ1v) is 13.3. The van der Waals surface area contributed by atoms with E-state index < -0.39 is 10.0 Å². The van der Waals surface area contributed by atoms with Crippen LogP contribution in [0, 0.1) is 12.8 Å². The fourth-order valence-electron chi connectivity index (χ4n) is 4.74. The first kappa shape index (κ1) is 23.2. The highest BCUT2D eigenvalue weighted by atomic mass is 32.2. The summed E-state index contributed by atoms with van der Waals surface area (Å²) in [5.41, 5.74) is 0. The quantitative estimate of drug-likeness (QED) is 0.607. The minimum absolute atomic E-state index is 0.0790. The average Bonchev–Trinajstić information content (AvgIpc) is 2.78. The summed E-state index contributed by atoms with van der Waals surface area (Å²) < 4.78 is 24.9. The fourth-order valence-corrected chi connectivity index (χ4v) is 5.62. The van der Waals surface area contributed by atoms with E-state index in [0.717, 1.165) is 56.7 Å². The summed E-state index contributed by atoms with van der Waals surface area (Å²) >= 11 is 0. The number of aromatic nitrogens is 2. The van der Waals surface area contributed by atoms with E-state index in [1.54, 1.807) is 0 Å². The van der Waals surface area contributed by atoms with Crippen LogP contribution in [0.15, 0.2) is 6.07 Å². The van der Waals surface area contributed by atoms with Crippen molar-refractivity contribution in [1.29, 1.82) is 0 Å². The Labute approximate surface area is 191 Å². The zero-order valence-electron chi connectivity index (χ0n) is 19.4. The van der Waals surface area contributed by atoms with Crippen LogP contribution in [-0.2, 0) is 14.8 Å². The Bertz CT molecular complexity index is 917. The van der Waals surface area contributed by atoms with Gasteiger partial charge in [0.1, 0.15) is 17.5 Å². The van der Waals surface area contributed by atoms with Crippen LogP contribution in [0.2, 0.25) is 0 Å². The highest BCUT2D eigenvalue weighted by molar-refractivity contribution is 7.88. The molecule has 0 saturated carbocycles. The molecule has 4 rings (SSSR count). The maximum Gasteiger partial charge on any atom is 0.225 e. The lowest BCUT2D eigenvalue weighted by atomic mass is 9.96. The molecular weight excluding hydrogens is 430 g/mol. The van der Waals surface area contributed by atoms with Crippen LogP contribution in [0.5, 0.6) is 0 Å². The van der Waals surface area contributed by atoms with Gasteiger partial charge in [0.25, 0.3) is 0 Å². The highest BCUT2D eigenvalue weighted by Gasteiger charge is 2.33. The van der Waals surface area contributed by atoms with Gasteiger partial charge in [-0.15, -0.1) is 0 Å². The Balaban J connectivity index is 1.33. The maximum absolute atomic E-state index is 13.0. The molecule has 1 aromatic rings. The van der Waals surface area contributed by atoms with Crippen LogP contribution in [0.25, 0.3) is 0 Å². The number of amides is 1. The molecule has 178 valence electrons. The summed E-state index contributed by atoms with van der Waals surface area (Å²) in [6, 6.07) is 2.08. The molecule has 10 nitrogen and oxygen atoms in total. The van der Waals surface area contributed by atoms with E-state index in [1.807, 2.05) is 11.8 Å². The fraction of sp³-hybridized carbons (Fsp3) is 0.762. The van der Waals surface area contributed by atoms with E-state index in [4.69, 9.17) is 0 Å². The van der Waals surface area contributed by atoms with Gasteiger partial charge in [-0.25, -0.2) is 22.7 Å². The molecule has 3 aliphatic rings. The van der Waals surface area contributed by atoms with Crippen LogP contribution in [0.3, 0.4) is 0 Å². The molecule has 0 atom stereocenters. The van der Waals surface area contributed by atoms with Crippen molar-refractivity contribution < 1.29 is 13.2 Å². The first-order valence-electron chi connectivity index (χ1n) is 11.5. The number of piperazine rings is 2. The van der Waals surface area contributed by atoms with Crippen LogP contribution in [-0.4, -0.2) is 117 Å². The van der Waals surface area contributed by atoms with Crippen molar-refractivity contribution >= 4 is 27.6 Å². The van der Waals surface area contributed by atoms with E-state index in [0.29, 0.717) is 39.0 Å². The van der Waals surface area contributed by atoms with Gasteiger partial charge in [0.05, 0.1) is 6.26 Å². The molecule has 11 heteroatoms. The van der Waals surface area contributed by atoms with Crippen molar-refractivity contribution in [2.75, 3.05) is 88.6 Å². The Morgan fingerprint density at radius 1 is 0.875 bits per heavy atom. The smallest absolute Gasteiger partial charge is 0.225 e. The molecule has 0 bridgehead atoms. The lowest BCUT2D eigenvalue weighted by Gasteiger charge is -2.39. The monoisotopic (exact) mass is 465 g/mol. The van der Waals surface area contributed by atoms with Gasteiger partial charge in [0.2, 0.25) is 15.9 Å². The van der Waals surface area contributed by atoms with Gasteiger partial charge in [-0.1, -0.05) is 0 Å². The van der Waals surface area contributed by atoms with E-state index >= 15 is 0 Å². The number of likely N-dealkylation sites (N-methyl/N-ethyl adjacent to an activating group) is 1. The van der Waals surface area contributed by atoms with E-state index in [2.05, 4.69) is 37.8 Å². The molecule has 0 unspecified atom stereocenters. The summed E-state index contributed by atoms with van der Waals surface area (Å²) in [7, 11) is -1.03. The third kappa shape index (κ3) is 5.32. The molecule has 0 N–H and O–H groups in total. The number of hydrogen-bond donors (Lipinski definition) is 0. The van der Waals surface area contributed by atoms with Crippen molar-refractivity contribution in [2.45, 2.75) is 19.8 Å². The normalized spacial score (nSPS) is 22.4. The maximum atomic E-state index is 13.0. The average molecular weight is 466 g/mol. The largest absolute Gasteiger partial charge is 0.354 e. The van der Waals surface area contributed by atoms with Crippen LogP contribution < -0.4 is 9.80 Å². The van der Waals surface area contributed by atoms with E-state index in [-0.39, 0.29) is 11.8 Å². The molecule has 0 aliphatic carbocycles. The second kappa shape index (κ2) is 9.48. The van der Waals surface area contributed by atoms with Crippen molar-refractivity contribution in [2.24, 2.45) is 5.92 Å². The molecular formula is C21H35N7O3S. The number of sulfonamides is 1. The molecule has 1 amide bonds. The molecule has 3 saturated heterocycles. The van der Waals surface area contributed by atoms with Crippen molar-refractivity contribution in [3.05, 3.63) is 11.9 Å². The number of rotatable bonds is 4. The predicted molar refractivity (Wildman–Crippen MR) is 124 cm³/mol. The van der Waals surface area contributed by atoms with Gasteiger partial charge in [-0.05, 0) is 26.8 Å². The van der Waals surface area contributed by atoms with Crippen LogP contribution >= 0.6 is 0 Å². The van der Waals surface area contributed by atoms with Crippen molar-refractivity contribution in [1.82, 2.24) is 24.1 Å². The molecule has 3 aliphatic heterocycles. The number of hydrogen-bond acceptors (Lipinski definition) is 8. The van der Waals surface area contributed by atoms with Gasteiger partial charge in [0.15, 0.2) is 0 Å². The highest BCUT2D eigenvalue weighted by Crippen LogP contribution is 2.24. The molecule has 3 fully saturated rings. The number of piperidine rings is 1. The number of nitrogens with zero attached hydrogens (tertiary/aromatic N) is 7. The molecule has 0 aromatic carbocycles. The Kier molecular flexibility index (Phi) is 6.87. The summed E-state index contributed by atoms with van der Waals surface area (Å²) in [5.74, 6) is 2.77. The van der Waals surface area contributed by atoms with Gasteiger partial charge >= 0.3 is 0 Å². The topological polar surface area (TPSA) is 93.2 Å². The van der Waals surface area contributed by atoms with E-state index in [1.165, 1.54) is 10.6 Å². The summed E-state index contributed by atoms with van der Waals surface area (Å²) in [4.78, 5) is 31.2. The number of aryl methyl sites for hydroxylation is 1. The summed E-state index contributed by atoms with van der Waals surface area (Å²) in [6.07, 6.45) is 2.44. The standard InChI is InChI=1S/C21H35N7O3S/c1-17-22-19(25-10-8-24(2)9-11-25)16-20(23-17)26-12-14-27(15-13-26)21(29)18-4-6-28(7-5-18)32(3,30)31/h16,18H,4-15H2,1-3H3. The second-order valence-corrected chi connectivity index (χ2v) is 11.2. The second-order valence-electron chi connectivity index (χ2n) is 9.17. The SMILES string of the molecule is Cc1nc(N2CCN(C)CC2)cc(N2CCN(C(=O)C3CCN(S(C)(=O)=O)CC3)CC2)n1. The number of anilines is 2. The molecule has 0 spiro atoms. The third-order valence-corrected chi connectivity index (χ3v) is 8.13. The van der Waals surface area contributed by atoms with Crippen molar-refractivity contribution in [3.63, 3.8) is 0 Å². The third-order valence-electron chi connectivity index (χ3n) is 6.83. The minimum Gasteiger partial charge on any atom is -0.354 e. The molecule has 4 heterocycles. The molecule has 32 heavy (non-hydrogen) atoms. The number of carbonyl (C=O) groups excluding carboxylic acids is 1. The Hall–Kier alpha value is -1.98. The van der Waals surface area contributed by atoms with Crippen molar-refractivity contribution in [3.8, 4) is 0 Å². The Morgan fingerprint density at radius 3 is 1.88 bits per heavy atom. The number of carbonyl (C=O) groups is 1. The Morgan fingerprint density at radius 2 is 1.38 bits per heavy atom. The lowest BCUT2D eigenvalue weighted by Crippen LogP contribution is -2.52. The zero-order chi connectivity index (χ0) is 22.9. The summed E-state index contributed by atoms with van der Waals surface area (Å²) in [5, 5.41) is 0. The van der Waals surface area contributed by atoms with Gasteiger partial charge < -0.3 is 19.6 Å². The lowest BCUT2D eigenvalue weighted by molar-refractivity contribution is -0.137. The van der Waals surface area contributed by atoms with Crippen LogP contribution in [0.4, 0.5) is 11.6 Å².